The fraction of sp³-hybridized carbons (Fsp3) is 0.804. The molecule has 0 spiro atoms. The summed E-state index contributed by atoms with van der Waals surface area (Å²) >= 11 is 0. The highest BCUT2D eigenvalue weighted by atomic mass is 16.6. The van der Waals surface area contributed by atoms with E-state index in [2.05, 4.69) is 19.2 Å². The molecule has 1 aliphatic carbocycles. The number of hydrogen-bond donors (Lipinski definition) is 2. The number of hydrogen-bond acceptors (Lipinski definition) is 9. The van der Waals surface area contributed by atoms with E-state index in [-0.39, 0.29) is 55.9 Å². The molecule has 11 nitrogen and oxygen atoms in total. The molecule has 1 aromatic rings. The third-order valence-corrected chi connectivity index (χ3v) is 14.2. The third-order valence-electron chi connectivity index (χ3n) is 14.2. The molecule has 67 heavy (non-hydrogen) atoms. The average Bonchev–Trinajstić information content (AvgIpc) is 3.94. The van der Waals surface area contributed by atoms with Crippen molar-refractivity contribution in [2.75, 3.05) is 13.2 Å². The molecule has 1 aromatic carbocycles. The fourth-order valence-electron chi connectivity index (χ4n) is 10.1. The van der Waals surface area contributed by atoms with Gasteiger partial charge in [-0.2, -0.15) is 0 Å². The first kappa shape index (κ1) is 57.8. The maximum absolute atomic E-state index is 14.1. The number of carboxylic acids is 1. The summed E-state index contributed by atoms with van der Waals surface area (Å²) < 4.78 is 17.3. The van der Waals surface area contributed by atoms with Crippen LogP contribution in [0.3, 0.4) is 0 Å². The molecule has 382 valence electrons. The first-order valence-corrected chi connectivity index (χ1v) is 27.5. The Morgan fingerprint density at radius 3 is 1.54 bits per heavy atom. The lowest BCUT2D eigenvalue weighted by Gasteiger charge is -2.32. The molecule has 2 N–H and O–H groups in total. The Bertz CT molecular complexity index is 1440. The number of esters is 3. The first-order chi connectivity index (χ1) is 32.6. The lowest BCUT2D eigenvalue weighted by molar-refractivity contribution is -0.168. The van der Waals surface area contributed by atoms with Crippen molar-refractivity contribution in [2.45, 2.75) is 269 Å². The number of carboxylic acid groups (broad SMARTS) is 1. The molecule has 1 amide bonds. The van der Waals surface area contributed by atoms with E-state index in [4.69, 9.17) is 14.2 Å². The van der Waals surface area contributed by atoms with Gasteiger partial charge >= 0.3 is 23.9 Å². The summed E-state index contributed by atoms with van der Waals surface area (Å²) in [6.45, 7) is 5.65. The Balaban J connectivity index is 1.53. The van der Waals surface area contributed by atoms with Gasteiger partial charge in [0.15, 0.2) is 6.10 Å². The second kappa shape index (κ2) is 36.5. The van der Waals surface area contributed by atoms with E-state index in [1.54, 1.807) is 6.92 Å². The number of benzene rings is 1. The molecule has 2 aliphatic rings. The summed E-state index contributed by atoms with van der Waals surface area (Å²) in [5.74, 6) is -2.62. The van der Waals surface area contributed by atoms with Gasteiger partial charge in [-0.3, -0.25) is 24.5 Å². The van der Waals surface area contributed by atoms with Crippen molar-refractivity contribution in [2.24, 2.45) is 5.92 Å². The van der Waals surface area contributed by atoms with Crippen LogP contribution in [0, 0.1) is 5.92 Å². The number of aliphatic carboxylic acids is 1. The van der Waals surface area contributed by atoms with E-state index in [1.807, 2.05) is 30.3 Å². The van der Waals surface area contributed by atoms with Crippen molar-refractivity contribution in [1.82, 2.24) is 10.2 Å². The van der Waals surface area contributed by atoms with Crippen LogP contribution < -0.4 is 5.32 Å². The smallest absolute Gasteiger partial charge is 0.326 e. The number of carbonyl (C=O) groups is 5. The molecule has 1 saturated heterocycles. The number of likely N-dealkylation sites (tertiary alicyclic amines) is 1. The molecule has 0 aromatic heterocycles. The summed E-state index contributed by atoms with van der Waals surface area (Å²) in [5, 5.41) is 13.2. The molecule has 1 aliphatic heterocycles. The SMILES string of the molecule is CCCCCCCCCCCCCCCC(=O)OCC(COC(=O)CCCCCCCCCCCCCCC)OC(=O)[C@H](CCc1ccccc1)N[C@@H](C)C(=O)N1[C@H](C(=O)O)C[C@@H]2CCC[C@@H]21. The Hall–Kier alpha value is -3.47. The number of amides is 1. The van der Waals surface area contributed by atoms with Gasteiger partial charge in [-0.1, -0.05) is 205 Å². The molecule has 0 unspecified atom stereocenters. The molecule has 1 saturated carbocycles. The van der Waals surface area contributed by atoms with E-state index >= 15 is 0 Å². The molecule has 0 bridgehead atoms. The number of fused-ring (bicyclic) bond motifs is 1. The van der Waals surface area contributed by atoms with Gasteiger partial charge in [0.1, 0.15) is 25.3 Å². The third kappa shape index (κ3) is 25.1. The molecule has 3 rings (SSSR count). The van der Waals surface area contributed by atoms with Gasteiger partial charge in [-0.15, -0.1) is 0 Å². The normalized spacial score (nSPS) is 17.6. The zero-order valence-corrected chi connectivity index (χ0v) is 42.5. The van der Waals surface area contributed by atoms with Gasteiger partial charge in [0.25, 0.3) is 0 Å². The molecular formula is C56H94N2O9. The Labute approximate surface area is 406 Å². The van der Waals surface area contributed by atoms with Crippen LogP contribution in [-0.4, -0.2) is 83.3 Å². The minimum absolute atomic E-state index is 0.124. The highest BCUT2D eigenvalue weighted by Crippen LogP contribution is 2.41. The highest BCUT2D eigenvalue weighted by Gasteiger charge is 2.49. The van der Waals surface area contributed by atoms with Crippen LogP contribution >= 0.6 is 0 Å². The van der Waals surface area contributed by atoms with E-state index in [1.165, 1.54) is 120 Å². The number of rotatable bonds is 41. The van der Waals surface area contributed by atoms with Crippen LogP contribution in [0.25, 0.3) is 0 Å². The van der Waals surface area contributed by atoms with Crippen molar-refractivity contribution < 1.29 is 43.3 Å². The number of aryl methyl sites for hydroxylation is 1. The quantitative estimate of drug-likeness (QED) is 0.0369. The zero-order valence-electron chi connectivity index (χ0n) is 42.5. The standard InChI is InChI=1S/C56H94N2O9/c1-4-6-8-10-12-14-16-18-20-22-24-26-31-38-52(59)65-43-48(44-66-53(60)39-32-27-25-23-21-19-17-15-13-11-9-7-5-2)67-56(64)49(41-40-46-34-29-28-30-35-46)57-45(3)54(61)58-50-37-33-36-47(50)42-51(58)55(62)63/h28-30,34-35,45,47-51,57H,4-27,31-33,36-44H2,1-3H3,(H,62,63)/t45-,47-,49-,50-,51-/m0/s1. The molecule has 2 fully saturated rings. The Kier molecular flexibility index (Phi) is 31.5. The van der Waals surface area contributed by atoms with Crippen molar-refractivity contribution in [1.29, 1.82) is 0 Å². The van der Waals surface area contributed by atoms with Crippen LogP contribution in [0.1, 0.15) is 238 Å². The van der Waals surface area contributed by atoms with Gasteiger partial charge in [0, 0.05) is 18.9 Å². The largest absolute Gasteiger partial charge is 0.480 e. The summed E-state index contributed by atoms with van der Waals surface area (Å²) in [6.07, 6.45) is 34.7. The van der Waals surface area contributed by atoms with E-state index in [0.29, 0.717) is 32.1 Å². The van der Waals surface area contributed by atoms with Crippen LogP contribution in [0.2, 0.25) is 0 Å². The maximum atomic E-state index is 14.1. The average molecular weight is 939 g/mol. The summed E-state index contributed by atoms with van der Waals surface area (Å²) in [6, 6.07) is 6.87. The van der Waals surface area contributed by atoms with Crippen LogP contribution in [-0.2, 0) is 44.6 Å². The van der Waals surface area contributed by atoms with E-state index in [0.717, 1.165) is 63.4 Å². The fourth-order valence-corrected chi connectivity index (χ4v) is 10.1. The lowest BCUT2D eigenvalue weighted by Crippen LogP contribution is -2.55. The number of unbranched alkanes of at least 4 members (excludes halogenated alkanes) is 24. The Morgan fingerprint density at radius 1 is 0.642 bits per heavy atom. The predicted octanol–water partition coefficient (Wildman–Crippen LogP) is 12.8. The Morgan fingerprint density at radius 2 is 1.09 bits per heavy atom. The summed E-state index contributed by atoms with van der Waals surface area (Å²) in [5.41, 5.74) is 1.00. The lowest BCUT2D eigenvalue weighted by atomic mass is 10.0. The van der Waals surface area contributed by atoms with Crippen molar-refractivity contribution in [3.05, 3.63) is 35.9 Å². The summed E-state index contributed by atoms with van der Waals surface area (Å²) in [7, 11) is 0. The van der Waals surface area contributed by atoms with Gasteiger partial charge in [0.2, 0.25) is 5.91 Å². The van der Waals surface area contributed by atoms with Gasteiger partial charge < -0.3 is 24.2 Å². The minimum Gasteiger partial charge on any atom is -0.480 e. The number of carbonyl (C=O) groups excluding carboxylic acids is 4. The molecular weight excluding hydrogens is 845 g/mol. The number of nitrogens with zero attached hydrogens (tertiary/aromatic N) is 1. The van der Waals surface area contributed by atoms with Gasteiger partial charge in [-0.25, -0.2) is 4.79 Å². The van der Waals surface area contributed by atoms with Gasteiger partial charge in [0.05, 0.1) is 6.04 Å². The first-order valence-electron chi connectivity index (χ1n) is 27.5. The number of ether oxygens (including phenoxy) is 3. The predicted molar refractivity (Wildman–Crippen MR) is 268 cm³/mol. The highest BCUT2D eigenvalue weighted by molar-refractivity contribution is 5.88. The molecule has 5 atom stereocenters. The monoisotopic (exact) mass is 939 g/mol. The molecule has 11 heteroatoms. The van der Waals surface area contributed by atoms with Gasteiger partial charge in [-0.05, 0) is 63.4 Å². The number of nitrogens with one attached hydrogen (secondary N) is 1. The van der Waals surface area contributed by atoms with Crippen molar-refractivity contribution >= 4 is 29.8 Å². The minimum atomic E-state index is -1.04. The van der Waals surface area contributed by atoms with Crippen LogP contribution in [0.4, 0.5) is 0 Å². The van der Waals surface area contributed by atoms with Crippen LogP contribution in [0.15, 0.2) is 30.3 Å². The zero-order chi connectivity index (χ0) is 48.3. The summed E-state index contributed by atoms with van der Waals surface area (Å²) in [4.78, 5) is 67.9. The van der Waals surface area contributed by atoms with E-state index in [9.17, 15) is 29.1 Å². The van der Waals surface area contributed by atoms with E-state index < -0.39 is 36.2 Å². The second-order valence-corrected chi connectivity index (χ2v) is 20.0. The molecule has 1 heterocycles. The topological polar surface area (TPSA) is 149 Å². The van der Waals surface area contributed by atoms with Crippen LogP contribution in [0.5, 0.6) is 0 Å². The molecule has 0 radical (unpaired) electrons. The second-order valence-electron chi connectivity index (χ2n) is 20.0. The van der Waals surface area contributed by atoms with Crippen molar-refractivity contribution in [3.63, 3.8) is 0 Å². The van der Waals surface area contributed by atoms with Crippen molar-refractivity contribution in [3.8, 4) is 0 Å². The maximum Gasteiger partial charge on any atom is 0.326 e.